The van der Waals surface area contributed by atoms with E-state index in [4.69, 9.17) is 0 Å². The van der Waals surface area contributed by atoms with Gasteiger partial charge in [-0.3, -0.25) is 4.79 Å². The highest BCUT2D eigenvalue weighted by atomic mass is 32.2. The van der Waals surface area contributed by atoms with E-state index in [-0.39, 0.29) is 36.0 Å². The molecular formula is C19H21F2N3O5S2. The van der Waals surface area contributed by atoms with Crippen molar-refractivity contribution in [1.29, 1.82) is 0 Å². The van der Waals surface area contributed by atoms with Crippen LogP contribution in [0, 0.1) is 11.6 Å². The Bertz CT molecular complexity index is 1160. The molecule has 0 aliphatic carbocycles. The van der Waals surface area contributed by atoms with E-state index in [0.29, 0.717) is 0 Å². The molecule has 1 aliphatic heterocycles. The van der Waals surface area contributed by atoms with Gasteiger partial charge < -0.3 is 4.90 Å². The summed E-state index contributed by atoms with van der Waals surface area (Å²) < 4.78 is 79.9. The second kappa shape index (κ2) is 8.99. The summed E-state index contributed by atoms with van der Waals surface area (Å²) in [4.78, 5) is 13.7. The van der Waals surface area contributed by atoms with Gasteiger partial charge in [0.2, 0.25) is 26.0 Å². The zero-order valence-electron chi connectivity index (χ0n) is 16.5. The summed E-state index contributed by atoms with van der Waals surface area (Å²) >= 11 is 0. The number of hydrogen-bond donors (Lipinski definition) is 1. The van der Waals surface area contributed by atoms with Crippen LogP contribution in [0.25, 0.3) is 0 Å². The number of amides is 1. The molecule has 1 fully saturated rings. The highest BCUT2D eigenvalue weighted by molar-refractivity contribution is 7.89. The molecule has 8 nitrogen and oxygen atoms in total. The minimum atomic E-state index is -4.04. The molecule has 31 heavy (non-hydrogen) atoms. The first-order chi connectivity index (χ1) is 14.5. The summed E-state index contributed by atoms with van der Waals surface area (Å²) in [5.41, 5.74) is 0. The molecule has 168 valence electrons. The summed E-state index contributed by atoms with van der Waals surface area (Å²) in [6, 6.07) is 7.73. The largest absolute Gasteiger partial charge is 0.339 e. The topological polar surface area (TPSA) is 104 Å². The number of nitrogens with zero attached hydrogens (tertiary/aromatic N) is 2. The first kappa shape index (κ1) is 23.3. The number of sulfonamides is 2. The molecule has 0 saturated carbocycles. The van der Waals surface area contributed by atoms with Crippen molar-refractivity contribution in [3.05, 3.63) is 60.2 Å². The zero-order valence-corrected chi connectivity index (χ0v) is 18.2. The van der Waals surface area contributed by atoms with Gasteiger partial charge in [0, 0.05) is 26.2 Å². The lowest BCUT2D eigenvalue weighted by Crippen LogP contribution is -2.55. The van der Waals surface area contributed by atoms with Gasteiger partial charge in [0.25, 0.3) is 0 Å². The third-order valence-electron chi connectivity index (χ3n) is 4.81. The number of carbonyl (C=O) groups is 1. The molecule has 2 aromatic carbocycles. The maximum absolute atomic E-state index is 13.4. The van der Waals surface area contributed by atoms with Crippen molar-refractivity contribution in [2.24, 2.45) is 0 Å². The average molecular weight is 474 g/mol. The number of nitrogens with one attached hydrogen (secondary N) is 1. The second-order valence-electron chi connectivity index (χ2n) is 6.98. The van der Waals surface area contributed by atoms with Crippen LogP contribution in [0.2, 0.25) is 0 Å². The Balaban J connectivity index is 1.62. The van der Waals surface area contributed by atoms with Crippen LogP contribution in [-0.4, -0.2) is 64.2 Å². The summed E-state index contributed by atoms with van der Waals surface area (Å²) in [5.74, 6) is -1.78. The predicted molar refractivity (Wildman–Crippen MR) is 108 cm³/mol. The summed E-state index contributed by atoms with van der Waals surface area (Å²) in [6.07, 6.45) is 0. The molecule has 1 N–H and O–H groups in total. The van der Waals surface area contributed by atoms with Crippen molar-refractivity contribution >= 4 is 26.0 Å². The van der Waals surface area contributed by atoms with Crippen molar-refractivity contribution in [2.75, 3.05) is 26.2 Å². The first-order valence-electron chi connectivity index (χ1n) is 9.33. The van der Waals surface area contributed by atoms with Crippen LogP contribution >= 0.6 is 0 Å². The lowest BCUT2D eigenvalue weighted by Gasteiger charge is -2.35. The molecule has 1 atom stereocenters. The number of halogens is 2. The fraction of sp³-hybridized carbons (Fsp3) is 0.316. The standard InChI is InChI=1S/C19H21F2N3O5S2/c1-14(22-30(26,27)17-7-5-15(20)6-8-17)19(25)23-9-11-24(12-10-23)31(28,29)18-4-2-3-16(21)13-18/h2-8,13-14,22H,9-12H2,1H3. The van der Waals surface area contributed by atoms with Crippen molar-refractivity contribution in [3.8, 4) is 0 Å². The number of benzene rings is 2. The van der Waals surface area contributed by atoms with E-state index in [9.17, 15) is 30.4 Å². The number of hydrogen-bond acceptors (Lipinski definition) is 5. The molecule has 2 aromatic rings. The Hall–Kier alpha value is -2.41. The zero-order chi connectivity index (χ0) is 22.8. The van der Waals surface area contributed by atoms with Crippen LogP contribution in [0.15, 0.2) is 58.3 Å². The molecular weight excluding hydrogens is 452 g/mol. The Kier molecular flexibility index (Phi) is 6.74. The molecule has 0 radical (unpaired) electrons. The highest BCUT2D eigenvalue weighted by Gasteiger charge is 2.32. The summed E-state index contributed by atoms with van der Waals surface area (Å²) in [5, 5.41) is 0. The Labute approximate surface area is 179 Å². The fourth-order valence-electron chi connectivity index (χ4n) is 3.16. The average Bonchev–Trinajstić information content (AvgIpc) is 2.73. The maximum atomic E-state index is 13.4. The Morgan fingerprint density at radius 2 is 1.52 bits per heavy atom. The first-order valence-corrected chi connectivity index (χ1v) is 12.3. The van der Waals surface area contributed by atoms with Crippen molar-refractivity contribution < 1.29 is 30.4 Å². The molecule has 1 aliphatic rings. The van der Waals surface area contributed by atoms with Gasteiger partial charge in [-0.2, -0.15) is 9.03 Å². The Morgan fingerprint density at radius 3 is 2.10 bits per heavy atom. The lowest BCUT2D eigenvalue weighted by atomic mass is 10.2. The monoisotopic (exact) mass is 473 g/mol. The van der Waals surface area contributed by atoms with Gasteiger partial charge in [0.15, 0.2) is 0 Å². The summed E-state index contributed by atoms with van der Waals surface area (Å²) in [7, 11) is -7.95. The number of carbonyl (C=O) groups excluding carboxylic acids is 1. The molecule has 1 amide bonds. The number of piperazine rings is 1. The van der Waals surface area contributed by atoms with Crippen LogP contribution in [0.4, 0.5) is 8.78 Å². The highest BCUT2D eigenvalue weighted by Crippen LogP contribution is 2.19. The molecule has 0 spiro atoms. The molecule has 3 rings (SSSR count). The van der Waals surface area contributed by atoms with E-state index in [1.807, 2.05) is 0 Å². The molecule has 1 saturated heterocycles. The quantitative estimate of drug-likeness (QED) is 0.678. The predicted octanol–water partition coefficient (Wildman–Crippen LogP) is 1.16. The Morgan fingerprint density at radius 1 is 0.903 bits per heavy atom. The lowest BCUT2D eigenvalue weighted by molar-refractivity contribution is -0.133. The van der Waals surface area contributed by atoms with Crippen LogP contribution < -0.4 is 4.72 Å². The van der Waals surface area contributed by atoms with Gasteiger partial charge in [-0.25, -0.2) is 25.6 Å². The summed E-state index contributed by atoms with van der Waals surface area (Å²) in [6.45, 7) is 1.45. The van der Waals surface area contributed by atoms with Crippen LogP contribution in [0.3, 0.4) is 0 Å². The van der Waals surface area contributed by atoms with E-state index >= 15 is 0 Å². The molecule has 0 aromatic heterocycles. The van der Waals surface area contributed by atoms with E-state index in [2.05, 4.69) is 4.72 Å². The number of rotatable bonds is 6. The van der Waals surface area contributed by atoms with Crippen LogP contribution in [0.1, 0.15) is 6.92 Å². The van der Waals surface area contributed by atoms with E-state index in [1.54, 1.807) is 0 Å². The molecule has 12 heteroatoms. The van der Waals surface area contributed by atoms with Crippen molar-refractivity contribution in [3.63, 3.8) is 0 Å². The third kappa shape index (κ3) is 5.26. The second-order valence-corrected chi connectivity index (χ2v) is 10.6. The van der Waals surface area contributed by atoms with Gasteiger partial charge in [-0.05, 0) is 49.4 Å². The minimum absolute atomic E-state index is 0.0119. The fourth-order valence-corrected chi connectivity index (χ4v) is 5.82. The van der Waals surface area contributed by atoms with Crippen LogP contribution in [0.5, 0.6) is 0 Å². The van der Waals surface area contributed by atoms with Crippen LogP contribution in [-0.2, 0) is 24.8 Å². The van der Waals surface area contributed by atoms with Gasteiger partial charge in [0.1, 0.15) is 11.6 Å². The van der Waals surface area contributed by atoms with Gasteiger partial charge in [-0.15, -0.1) is 0 Å². The normalized spacial score (nSPS) is 16.8. The SMILES string of the molecule is CC(NS(=O)(=O)c1ccc(F)cc1)C(=O)N1CCN(S(=O)(=O)c2cccc(F)c2)CC1. The van der Waals surface area contributed by atoms with Gasteiger partial charge in [-0.1, -0.05) is 6.07 Å². The van der Waals surface area contributed by atoms with E-state index in [0.717, 1.165) is 40.7 Å². The maximum Gasteiger partial charge on any atom is 0.243 e. The van der Waals surface area contributed by atoms with E-state index < -0.39 is 43.6 Å². The molecule has 1 heterocycles. The molecule has 1 unspecified atom stereocenters. The van der Waals surface area contributed by atoms with Crippen molar-refractivity contribution in [2.45, 2.75) is 22.8 Å². The smallest absolute Gasteiger partial charge is 0.243 e. The third-order valence-corrected chi connectivity index (χ3v) is 8.26. The van der Waals surface area contributed by atoms with Gasteiger partial charge >= 0.3 is 0 Å². The van der Waals surface area contributed by atoms with Crippen molar-refractivity contribution in [1.82, 2.24) is 13.9 Å². The minimum Gasteiger partial charge on any atom is -0.339 e. The molecule has 0 bridgehead atoms. The van der Waals surface area contributed by atoms with E-state index in [1.165, 1.54) is 24.0 Å². The van der Waals surface area contributed by atoms with Gasteiger partial charge in [0.05, 0.1) is 15.8 Å².